The molecule has 0 saturated carbocycles. The number of hydrogen-bond donors (Lipinski definition) is 2. The third-order valence-electron chi connectivity index (χ3n) is 6.73. The van der Waals surface area contributed by atoms with Crippen LogP contribution in [0.5, 0.6) is 0 Å². The second-order valence-corrected chi connectivity index (χ2v) is 10.2. The maximum Gasteiger partial charge on any atom is 0.123 e. The number of aromatic nitrogens is 4. The lowest BCUT2D eigenvalue weighted by molar-refractivity contribution is 0.514. The Balaban J connectivity index is 1.61. The quantitative estimate of drug-likeness (QED) is 0.192. The molecular formula is C31H26ClFN8. The number of fused-ring (bicyclic) bond motifs is 1. The standard InChI is InChI=1S/C31H26ClFN8/c1-19(2)41-18-28(39-40-41)30(21-8-10-23(33)11-9-21)37-24-14-25-29(22(16-35)17-36-31(25)26(32)15-24)38-27(12-13-34)20-6-4-3-5-7-20/h3-11,14-15,17-19,27,30,37H,12H2,1-2H3,(H,36,38)/t27-,30-/m0/s1. The predicted molar refractivity (Wildman–Crippen MR) is 157 cm³/mol. The number of halogens is 2. The van der Waals surface area contributed by atoms with Crippen LogP contribution in [0, 0.1) is 28.5 Å². The number of nitriles is 2. The van der Waals surface area contributed by atoms with E-state index in [0.29, 0.717) is 38.6 Å². The highest BCUT2D eigenvalue weighted by Gasteiger charge is 2.22. The van der Waals surface area contributed by atoms with Crippen molar-refractivity contribution in [1.82, 2.24) is 20.0 Å². The second kappa shape index (κ2) is 12.0. The van der Waals surface area contributed by atoms with E-state index in [0.717, 1.165) is 11.1 Å². The summed E-state index contributed by atoms with van der Waals surface area (Å²) in [5, 5.41) is 36.0. The molecule has 0 aliphatic carbocycles. The smallest absolute Gasteiger partial charge is 0.123 e. The first-order chi connectivity index (χ1) is 19.9. The lowest BCUT2D eigenvalue weighted by atomic mass is 10.0. The van der Waals surface area contributed by atoms with E-state index in [1.54, 1.807) is 22.9 Å². The largest absolute Gasteiger partial charge is 0.376 e. The molecule has 10 heteroatoms. The van der Waals surface area contributed by atoms with Gasteiger partial charge in [0, 0.05) is 23.3 Å². The van der Waals surface area contributed by atoms with E-state index in [4.69, 9.17) is 11.6 Å². The first-order valence-electron chi connectivity index (χ1n) is 13.0. The summed E-state index contributed by atoms with van der Waals surface area (Å²) in [6.07, 6.45) is 3.51. The summed E-state index contributed by atoms with van der Waals surface area (Å²) in [7, 11) is 0. The van der Waals surface area contributed by atoms with Crippen molar-refractivity contribution in [3.05, 3.63) is 112 Å². The number of rotatable bonds is 9. The van der Waals surface area contributed by atoms with E-state index in [1.807, 2.05) is 56.4 Å². The van der Waals surface area contributed by atoms with Gasteiger partial charge in [0.15, 0.2) is 0 Å². The fraction of sp³-hybridized carbons (Fsp3) is 0.194. The number of pyridine rings is 1. The molecule has 0 spiro atoms. The summed E-state index contributed by atoms with van der Waals surface area (Å²) in [6, 6.07) is 23.1. The Hall–Kier alpha value is -4.99. The number of nitrogens with zero attached hydrogens (tertiary/aromatic N) is 6. The first-order valence-corrected chi connectivity index (χ1v) is 13.4. The minimum absolute atomic E-state index is 0.107. The highest BCUT2D eigenvalue weighted by Crippen LogP contribution is 2.37. The molecular weight excluding hydrogens is 539 g/mol. The van der Waals surface area contributed by atoms with Crippen LogP contribution < -0.4 is 10.6 Å². The van der Waals surface area contributed by atoms with E-state index in [1.165, 1.54) is 18.3 Å². The number of anilines is 2. The van der Waals surface area contributed by atoms with E-state index in [-0.39, 0.29) is 24.3 Å². The molecule has 0 aliphatic heterocycles. The Labute approximate surface area is 242 Å². The zero-order chi connectivity index (χ0) is 28.9. The van der Waals surface area contributed by atoms with Crippen molar-refractivity contribution in [3.8, 4) is 12.1 Å². The molecule has 5 aromatic rings. The predicted octanol–water partition coefficient (Wildman–Crippen LogP) is 7.34. The maximum atomic E-state index is 13.8. The van der Waals surface area contributed by atoms with Crippen LogP contribution in [-0.4, -0.2) is 20.0 Å². The zero-order valence-electron chi connectivity index (χ0n) is 22.4. The van der Waals surface area contributed by atoms with E-state index >= 15 is 0 Å². The van der Waals surface area contributed by atoms with Gasteiger partial charge in [-0.3, -0.25) is 4.98 Å². The molecule has 204 valence electrons. The first kappa shape index (κ1) is 27.6. The van der Waals surface area contributed by atoms with Crippen LogP contribution in [0.1, 0.15) is 60.8 Å². The summed E-state index contributed by atoms with van der Waals surface area (Å²) in [5.41, 5.74) is 4.31. The SMILES string of the molecule is CC(C)n1cc([C@@H](Nc2cc(Cl)c3ncc(C#N)c(N[C@@H](CC#N)c4ccccc4)c3c2)c2ccc(F)cc2)nn1. The Morgan fingerprint density at radius 2 is 1.76 bits per heavy atom. The van der Waals surface area contributed by atoms with Crippen molar-refractivity contribution in [3.63, 3.8) is 0 Å². The highest BCUT2D eigenvalue weighted by atomic mass is 35.5. The van der Waals surface area contributed by atoms with Crippen molar-refractivity contribution in [2.24, 2.45) is 0 Å². The van der Waals surface area contributed by atoms with Crippen molar-refractivity contribution in [2.45, 2.75) is 38.4 Å². The molecule has 2 heterocycles. The third kappa shape index (κ3) is 5.96. The van der Waals surface area contributed by atoms with Gasteiger partial charge >= 0.3 is 0 Å². The lowest BCUT2D eigenvalue weighted by Gasteiger charge is -2.22. The molecule has 0 amide bonds. The van der Waals surface area contributed by atoms with E-state index in [2.05, 4.69) is 38.1 Å². The summed E-state index contributed by atoms with van der Waals surface area (Å²) in [4.78, 5) is 4.45. The van der Waals surface area contributed by atoms with Crippen LogP contribution in [-0.2, 0) is 0 Å². The summed E-state index contributed by atoms with van der Waals surface area (Å²) in [5.74, 6) is -0.344. The van der Waals surface area contributed by atoms with Gasteiger partial charge in [-0.25, -0.2) is 9.07 Å². The second-order valence-electron chi connectivity index (χ2n) is 9.83. The summed E-state index contributed by atoms with van der Waals surface area (Å²) >= 11 is 6.74. The van der Waals surface area contributed by atoms with Crippen LogP contribution in [0.2, 0.25) is 5.02 Å². The van der Waals surface area contributed by atoms with Gasteiger partial charge in [-0.2, -0.15) is 10.5 Å². The summed E-state index contributed by atoms with van der Waals surface area (Å²) in [6.45, 7) is 4.01. The third-order valence-corrected chi connectivity index (χ3v) is 7.02. The monoisotopic (exact) mass is 564 g/mol. The van der Waals surface area contributed by atoms with E-state index in [9.17, 15) is 14.9 Å². The highest BCUT2D eigenvalue weighted by molar-refractivity contribution is 6.35. The molecule has 2 aromatic heterocycles. The fourth-order valence-corrected chi connectivity index (χ4v) is 4.88. The topological polar surface area (TPSA) is 115 Å². The Morgan fingerprint density at radius 1 is 1.00 bits per heavy atom. The van der Waals surface area contributed by atoms with Gasteiger partial charge in [-0.15, -0.1) is 5.10 Å². The molecule has 2 atom stereocenters. The van der Waals surface area contributed by atoms with E-state index < -0.39 is 6.04 Å². The Morgan fingerprint density at radius 3 is 2.41 bits per heavy atom. The van der Waals surface area contributed by atoms with Crippen molar-refractivity contribution in [1.29, 1.82) is 10.5 Å². The lowest BCUT2D eigenvalue weighted by Crippen LogP contribution is -2.14. The molecule has 5 rings (SSSR count). The molecule has 0 fully saturated rings. The average Bonchev–Trinajstić information content (AvgIpc) is 3.47. The van der Waals surface area contributed by atoms with Crippen LogP contribution in [0.15, 0.2) is 79.1 Å². The van der Waals surface area contributed by atoms with Crippen molar-refractivity contribution >= 4 is 33.9 Å². The van der Waals surface area contributed by atoms with Gasteiger partial charge < -0.3 is 10.6 Å². The van der Waals surface area contributed by atoms with Gasteiger partial charge in [-0.1, -0.05) is 59.3 Å². The normalized spacial score (nSPS) is 12.5. The number of benzene rings is 3. The van der Waals surface area contributed by atoms with Crippen LogP contribution >= 0.6 is 11.6 Å². The van der Waals surface area contributed by atoms with Gasteiger partial charge in [0.25, 0.3) is 0 Å². The maximum absolute atomic E-state index is 13.8. The molecule has 0 radical (unpaired) electrons. The van der Waals surface area contributed by atoms with Crippen LogP contribution in [0.25, 0.3) is 10.9 Å². The van der Waals surface area contributed by atoms with Gasteiger partial charge in [0.2, 0.25) is 0 Å². The fourth-order valence-electron chi connectivity index (χ4n) is 4.61. The van der Waals surface area contributed by atoms with Crippen molar-refractivity contribution in [2.75, 3.05) is 10.6 Å². The molecule has 0 aliphatic rings. The molecule has 2 N–H and O–H groups in total. The molecule has 3 aromatic carbocycles. The van der Waals surface area contributed by atoms with Gasteiger partial charge in [0.1, 0.15) is 17.6 Å². The number of hydrogen-bond acceptors (Lipinski definition) is 7. The van der Waals surface area contributed by atoms with Gasteiger partial charge in [-0.05, 0) is 49.2 Å². The molecule has 41 heavy (non-hydrogen) atoms. The molecule has 0 unspecified atom stereocenters. The molecule has 0 saturated heterocycles. The average molecular weight is 565 g/mol. The Bertz CT molecular complexity index is 1750. The van der Waals surface area contributed by atoms with Crippen LogP contribution in [0.3, 0.4) is 0 Å². The minimum atomic E-state index is -0.476. The van der Waals surface area contributed by atoms with Crippen molar-refractivity contribution < 1.29 is 4.39 Å². The van der Waals surface area contributed by atoms with Crippen LogP contribution in [0.4, 0.5) is 15.8 Å². The minimum Gasteiger partial charge on any atom is -0.376 e. The molecule has 8 nitrogen and oxygen atoms in total. The van der Waals surface area contributed by atoms with Gasteiger partial charge in [0.05, 0.1) is 52.6 Å². The summed E-state index contributed by atoms with van der Waals surface area (Å²) < 4.78 is 15.5. The number of nitrogens with one attached hydrogen (secondary N) is 2. The molecule has 0 bridgehead atoms. The zero-order valence-corrected chi connectivity index (χ0v) is 23.1. The Kier molecular flexibility index (Phi) is 8.09.